The van der Waals surface area contributed by atoms with Gasteiger partial charge >= 0.3 is 0 Å². The van der Waals surface area contributed by atoms with Gasteiger partial charge in [-0.2, -0.15) is 0 Å². The molecule has 0 heterocycles. The number of rotatable bonds is 14. The molecule has 1 rings (SSSR count). The summed E-state index contributed by atoms with van der Waals surface area (Å²) in [6, 6.07) is 8.01. The average molecular weight is 365 g/mol. The summed E-state index contributed by atoms with van der Waals surface area (Å²) in [6.07, 6.45) is 7.85. The SMILES string of the molecule is CCCCCC[C@H](C)C[C@H](C)[C@@H](OCc1ccc(OC)cc1)[C@@H](C)CO. The lowest BCUT2D eigenvalue weighted by atomic mass is 9.85. The molecule has 150 valence electrons. The van der Waals surface area contributed by atoms with Crippen molar-refractivity contribution >= 4 is 0 Å². The zero-order chi connectivity index (χ0) is 19.4. The summed E-state index contributed by atoms with van der Waals surface area (Å²) in [5, 5.41) is 9.66. The maximum Gasteiger partial charge on any atom is 0.118 e. The van der Waals surface area contributed by atoms with E-state index in [1.807, 2.05) is 24.3 Å². The van der Waals surface area contributed by atoms with E-state index in [-0.39, 0.29) is 18.6 Å². The van der Waals surface area contributed by atoms with Gasteiger partial charge in [0.1, 0.15) is 5.75 Å². The molecule has 0 saturated carbocycles. The fraction of sp³-hybridized carbons (Fsp3) is 0.739. The lowest BCUT2D eigenvalue weighted by molar-refractivity contribution is -0.0466. The molecule has 1 aromatic rings. The van der Waals surface area contributed by atoms with Crippen molar-refractivity contribution in [2.75, 3.05) is 13.7 Å². The predicted octanol–water partition coefficient (Wildman–Crippen LogP) is 5.84. The fourth-order valence-corrected chi connectivity index (χ4v) is 3.71. The van der Waals surface area contributed by atoms with Crippen LogP contribution in [0.25, 0.3) is 0 Å². The first-order valence-corrected chi connectivity index (χ1v) is 10.4. The predicted molar refractivity (Wildman–Crippen MR) is 110 cm³/mol. The van der Waals surface area contributed by atoms with Crippen LogP contribution in [0, 0.1) is 17.8 Å². The third kappa shape index (κ3) is 8.55. The van der Waals surface area contributed by atoms with Crippen LogP contribution in [0.15, 0.2) is 24.3 Å². The number of unbranched alkanes of at least 4 members (excludes halogenated alkanes) is 3. The van der Waals surface area contributed by atoms with E-state index < -0.39 is 0 Å². The van der Waals surface area contributed by atoms with Crippen LogP contribution in [-0.4, -0.2) is 24.9 Å². The normalized spacial score (nSPS) is 16.1. The fourth-order valence-electron chi connectivity index (χ4n) is 3.71. The van der Waals surface area contributed by atoms with Crippen molar-refractivity contribution in [1.29, 1.82) is 0 Å². The molecule has 0 bridgehead atoms. The minimum absolute atomic E-state index is 0.0835. The molecule has 0 aromatic heterocycles. The average Bonchev–Trinajstić information content (AvgIpc) is 2.65. The highest BCUT2D eigenvalue weighted by atomic mass is 16.5. The molecule has 0 unspecified atom stereocenters. The van der Waals surface area contributed by atoms with Gasteiger partial charge in [0.2, 0.25) is 0 Å². The van der Waals surface area contributed by atoms with Gasteiger partial charge in [-0.25, -0.2) is 0 Å². The van der Waals surface area contributed by atoms with Gasteiger partial charge in [-0.05, 0) is 36.0 Å². The van der Waals surface area contributed by atoms with Crippen LogP contribution in [0.2, 0.25) is 0 Å². The van der Waals surface area contributed by atoms with Crippen molar-refractivity contribution in [3.8, 4) is 5.75 Å². The van der Waals surface area contributed by atoms with Crippen LogP contribution in [0.1, 0.15) is 71.8 Å². The Morgan fingerprint density at radius 2 is 1.65 bits per heavy atom. The molecule has 26 heavy (non-hydrogen) atoms. The summed E-state index contributed by atoms with van der Waals surface area (Å²) in [6.45, 7) is 9.71. The molecule has 0 amide bonds. The van der Waals surface area contributed by atoms with Gasteiger partial charge < -0.3 is 14.6 Å². The highest BCUT2D eigenvalue weighted by molar-refractivity contribution is 5.26. The molecule has 3 heteroatoms. The van der Waals surface area contributed by atoms with Gasteiger partial charge in [-0.15, -0.1) is 0 Å². The summed E-state index contributed by atoms with van der Waals surface area (Å²) in [7, 11) is 1.68. The van der Waals surface area contributed by atoms with Gasteiger partial charge in [-0.1, -0.05) is 71.9 Å². The van der Waals surface area contributed by atoms with E-state index in [1.165, 1.54) is 32.1 Å². The van der Waals surface area contributed by atoms with E-state index in [4.69, 9.17) is 9.47 Å². The monoisotopic (exact) mass is 364 g/mol. The largest absolute Gasteiger partial charge is 0.497 e. The first-order chi connectivity index (χ1) is 12.5. The Hall–Kier alpha value is -1.06. The van der Waals surface area contributed by atoms with Gasteiger partial charge in [0, 0.05) is 12.5 Å². The lowest BCUT2D eigenvalue weighted by Gasteiger charge is -2.30. The van der Waals surface area contributed by atoms with E-state index in [0.29, 0.717) is 18.4 Å². The highest BCUT2D eigenvalue weighted by Gasteiger charge is 2.25. The van der Waals surface area contributed by atoms with Gasteiger partial charge in [0.05, 0.1) is 19.8 Å². The Kier molecular flexibility index (Phi) is 11.6. The zero-order valence-electron chi connectivity index (χ0n) is 17.5. The van der Waals surface area contributed by atoms with Gasteiger partial charge in [0.25, 0.3) is 0 Å². The Labute approximate surface area is 161 Å². The molecule has 0 saturated heterocycles. The topological polar surface area (TPSA) is 38.7 Å². The van der Waals surface area contributed by atoms with Crippen molar-refractivity contribution < 1.29 is 14.6 Å². The molecule has 0 aliphatic heterocycles. The first-order valence-electron chi connectivity index (χ1n) is 10.4. The molecule has 1 aromatic carbocycles. The third-order valence-electron chi connectivity index (χ3n) is 5.34. The summed E-state index contributed by atoms with van der Waals surface area (Å²) in [5.74, 6) is 2.16. The van der Waals surface area contributed by atoms with E-state index in [1.54, 1.807) is 7.11 Å². The second-order valence-corrected chi connectivity index (χ2v) is 7.95. The van der Waals surface area contributed by atoms with Gasteiger partial charge in [-0.3, -0.25) is 0 Å². The minimum Gasteiger partial charge on any atom is -0.497 e. The number of ether oxygens (including phenoxy) is 2. The number of aliphatic hydroxyl groups excluding tert-OH is 1. The molecule has 3 nitrogen and oxygen atoms in total. The lowest BCUT2D eigenvalue weighted by Crippen LogP contribution is -2.32. The summed E-state index contributed by atoms with van der Waals surface area (Å²) in [4.78, 5) is 0. The van der Waals surface area contributed by atoms with Crippen molar-refractivity contribution in [3.05, 3.63) is 29.8 Å². The van der Waals surface area contributed by atoms with Crippen LogP contribution in [0.5, 0.6) is 5.75 Å². The number of aliphatic hydroxyl groups is 1. The molecule has 0 aliphatic carbocycles. The zero-order valence-corrected chi connectivity index (χ0v) is 17.5. The third-order valence-corrected chi connectivity index (χ3v) is 5.34. The molecular weight excluding hydrogens is 324 g/mol. The quantitative estimate of drug-likeness (QED) is 0.421. The first kappa shape index (κ1) is 23.0. The number of benzene rings is 1. The summed E-state index contributed by atoms with van der Waals surface area (Å²) < 4.78 is 11.5. The smallest absolute Gasteiger partial charge is 0.118 e. The minimum atomic E-state index is 0.0835. The van der Waals surface area contributed by atoms with Gasteiger partial charge in [0.15, 0.2) is 0 Å². The van der Waals surface area contributed by atoms with Crippen LogP contribution in [0.3, 0.4) is 0 Å². The Balaban J connectivity index is 2.52. The summed E-state index contributed by atoms with van der Waals surface area (Å²) >= 11 is 0. The van der Waals surface area contributed by atoms with Crippen LogP contribution < -0.4 is 4.74 Å². The van der Waals surface area contributed by atoms with Crippen molar-refractivity contribution in [1.82, 2.24) is 0 Å². The molecule has 0 spiro atoms. The van der Waals surface area contributed by atoms with Crippen LogP contribution in [0.4, 0.5) is 0 Å². The second-order valence-electron chi connectivity index (χ2n) is 7.95. The Morgan fingerprint density at radius 3 is 2.23 bits per heavy atom. The summed E-state index contributed by atoms with van der Waals surface area (Å²) in [5.41, 5.74) is 1.14. The highest BCUT2D eigenvalue weighted by Crippen LogP contribution is 2.27. The Bertz CT molecular complexity index is 457. The molecule has 0 fully saturated rings. The standard InChI is InChI=1S/C23H40O3/c1-6-7-8-9-10-18(2)15-19(3)23(20(4)16-24)26-17-21-11-13-22(25-5)14-12-21/h11-14,18-20,23-24H,6-10,15-17H2,1-5H3/t18-,19-,20-,23+/m0/s1. The molecule has 4 atom stereocenters. The van der Waals surface area contributed by atoms with E-state index in [0.717, 1.165) is 17.7 Å². The number of hydrogen-bond donors (Lipinski definition) is 1. The number of hydrogen-bond acceptors (Lipinski definition) is 3. The van der Waals surface area contributed by atoms with Crippen LogP contribution in [-0.2, 0) is 11.3 Å². The Morgan fingerprint density at radius 1 is 0.962 bits per heavy atom. The maximum atomic E-state index is 9.66. The van der Waals surface area contributed by atoms with E-state index >= 15 is 0 Å². The van der Waals surface area contributed by atoms with Crippen LogP contribution >= 0.6 is 0 Å². The molecule has 0 aliphatic rings. The van der Waals surface area contributed by atoms with E-state index in [2.05, 4.69) is 27.7 Å². The second kappa shape index (κ2) is 13.2. The van der Waals surface area contributed by atoms with Crippen molar-refractivity contribution in [3.63, 3.8) is 0 Å². The number of methoxy groups -OCH3 is 1. The maximum absolute atomic E-state index is 9.66. The van der Waals surface area contributed by atoms with Crippen molar-refractivity contribution in [2.45, 2.75) is 78.9 Å². The molecule has 1 N–H and O–H groups in total. The van der Waals surface area contributed by atoms with E-state index in [9.17, 15) is 5.11 Å². The molecule has 0 radical (unpaired) electrons. The molecular formula is C23H40O3. The van der Waals surface area contributed by atoms with Crippen molar-refractivity contribution in [2.24, 2.45) is 17.8 Å².